The summed E-state index contributed by atoms with van der Waals surface area (Å²) >= 11 is 0. The molecule has 3 aliphatic rings. The van der Waals surface area contributed by atoms with Crippen LogP contribution < -0.4 is 5.73 Å². The van der Waals surface area contributed by atoms with Gasteiger partial charge in [0, 0.05) is 31.6 Å². The molecule has 0 radical (unpaired) electrons. The number of hydrogen-bond acceptors (Lipinski definition) is 3. The molecular formula is C16H31Cl2N3O. The largest absolute Gasteiger partial charge is 0.341 e. The highest BCUT2D eigenvalue weighted by molar-refractivity contribution is 5.85. The fourth-order valence-electron chi connectivity index (χ4n) is 4.26. The van der Waals surface area contributed by atoms with Gasteiger partial charge >= 0.3 is 0 Å². The molecule has 2 aliphatic heterocycles. The van der Waals surface area contributed by atoms with Crippen molar-refractivity contribution in [3.63, 3.8) is 0 Å². The maximum atomic E-state index is 12.5. The van der Waals surface area contributed by atoms with Gasteiger partial charge in [-0.25, -0.2) is 0 Å². The Bertz CT molecular complexity index is 350. The van der Waals surface area contributed by atoms with Crippen LogP contribution in [0.15, 0.2) is 0 Å². The van der Waals surface area contributed by atoms with Crippen LogP contribution in [0.3, 0.4) is 0 Å². The molecule has 1 amide bonds. The Morgan fingerprint density at radius 2 is 1.68 bits per heavy atom. The first kappa shape index (κ1) is 20.0. The number of halogens is 2. The number of amides is 1. The molecule has 0 aromatic carbocycles. The van der Waals surface area contributed by atoms with Gasteiger partial charge < -0.3 is 10.6 Å². The number of nitrogens with two attached hydrogens (primary N) is 1. The molecule has 2 saturated heterocycles. The molecule has 3 fully saturated rings. The first-order valence-electron chi connectivity index (χ1n) is 8.51. The van der Waals surface area contributed by atoms with Crippen LogP contribution in [-0.4, -0.2) is 54.0 Å². The summed E-state index contributed by atoms with van der Waals surface area (Å²) in [5.74, 6) is 0.797. The van der Waals surface area contributed by atoms with Crippen molar-refractivity contribution in [1.29, 1.82) is 0 Å². The van der Waals surface area contributed by atoms with Gasteiger partial charge in [0.25, 0.3) is 0 Å². The maximum absolute atomic E-state index is 12.5. The molecule has 4 nitrogen and oxygen atoms in total. The van der Waals surface area contributed by atoms with Crippen LogP contribution in [0.5, 0.6) is 0 Å². The van der Waals surface area contributed by atoms with E-state index in [-0.39, 0.29) is 30.9 Å². The lowest BCUT2D eigenvalue weighted by atomic mass is 9.97. The van der Waals surface area contributed by atoms with Crippen LogP contribution in [0.25, 0.3) is 0 Å². The Morgan fingerprint density at radius 3 is 2.32 bits per heavy atom. The number of rotatable bonds is 3. The van der Waals surface area contributed by atoms with Crippen LogP contribution in [0.2, 0.25) is 0 Å². The third-order valence-corrected chi connectivity index (χ3v) is 5.56. The van der Waals surface area contributed by atoms with E-state index in [2.05, 4.69) is 9.80 Å². The van der Waals surface area contributed by atoms with Crippen LogP contribution in [-0.2, 0) is 4.79 Å². The zero-order valence-corrected chi connectivity index (χ0v) is 15.0. The zero-order chi connectivity index (χ0) is 13.9. The molecule has 0 aromatic rings. The number of piperidine rings is 1. The summed E-state index contributed by atoms with van der Waals surface area (Å²) in [6.07, 6.45) is 9.26. The van der Waals surface area contributed by atoms with E-state index in [1.165, 1.54) is 45.2 Å². The molecule has 2 heterocycles. The van der Waals surface area contributed by atoms with Crippen molar-refractivity contribution in [3.05, 3.63) is 0 Å². The Hall–Kier alpha value is -0.0300. The van der Waals surface area contributed by atoms with Gasteiger partial charge in [-0.1, -0.05) is 6.42 Å². The van der Waals surface area contributed by atoms with Gasteiger partial charge in [0.05, 0.1) is 0 Å². The van der Waals surface area contributed by atoms with Gasteiger partial charge in [-0.15, -0.1) is 24.8 Å². The minimum absolute atomic E-state index is 0. The summed E-state index contributed by atoms with van der Waals surface area (Å²) in [5.41, 5.74) is 6.10. The predicted molar refractivity (Wildman–Crippen MR) is 94.8 cm³/mol. The van der Waals surface area contributed by atoms with Crippen molar-refractivity contribution in [3.8, 4) is 0 Å². The molecule has 2 N–H and O–H groups in total. The SMILES string of the molecule is Cl.Cl.N[C@@H]1CCC[C@H]1CC(=O)N1CCCC(N2CCCC2)C1. The fraction of sp³-hybridized carbons (Fsp3) is 0.938. The molecule has 3 atom stereocenters. The first-order valence-corrected chi connectivity index (χ1v) is 8.51. The minimum atomic E-state index is 0. The third kappa shape index (κ3) is 4.73. The number of carbonyl (C=O) groups excluding carboxylic acids is 1. The lowest BCUT2D eigenvalue weighted by Gasteiger charge is -2.38. The summed E-state index contributed by atoms with van der Waals surface area (Å²) in [6.45, 7) is 4.40. The lowest BCUT2D eigenvalue weighted by molar-refractivity contribution is -0.134. The molecule has 6 heteroatoms. The molecule has 1 saturated carbocycles. The van der Waals surface area contributed by atoms with E-state index in [4.69, 9.17) is 5.73 Å². The van der Waals surface area contributed by atoms with Gasteiger partial charge in [0.2, 0.25) is 5.91 Å². The van der Waals surface area contributed by atoms with Crippen molar-refractivity contribution in [2.75, 3.05) is 26.2 Å². The monoisotopic (exact) mass is 351 g/mol. The van der Waals surface area contributed by atoms with Crippen LogP contribution in [0.1, 0.15) is 51.4 Å². The Morgan fingerprint density at radius 1 is 0.955 bits per heavy atom. The second-order valence-electron chi connectivity index (χ2n) is 6.94. The van der Waals surface area contributed by atoms with E-state index in [1.54, 1.807) is 0 Å². The van der Waals surface area contributed by atoms with Gasteiger partial charge in [0.1, 0.15) is 0 Å². The van der Waals surface area contributed by atoms with Crippen molar-refractivity contribution in [1.82, 2.24) is 9.80 Å². The summed E-state index contributed by atoms with van der Waals surface area (Å²) in [7, 11) is 0. The van der Waals surface area contributed by atoms with Gasteiger partial charge in [-0.3, -0.25) is 9.69 Å². The second kappa shape index (κ2) is 9.31. The average molecular weight is 352 g/mol. The molecule has 0 aromatic heterocycles. The maximum Gasteiger partial charge on any atom is 0.222 e. The first-order chi connectivity index (χ1) is 9.74. The fourth-order valence-corrected chi connectivity index (χ4v) is 4.26. The molecule has 1 unspecified atom stereocenters. The van der Waals surface area contributed by atoms with E-state index < -0.39 is 0 Å². The van der Waals surface area contributed by atoms with Crippen molar-refractivity contribution in [2.24, 2.45) is 11.7 Å². The Kier molecular flexibility index (Phi) is 8.47. The highest BCUT2D eigenvalue weighted by Gasteiger charge is 2.32. The second-order valence-corrected chi connectivity index (χ2v) is 6.94. The molecule has 3 rings (SSSR count). The molecular weight excluding hydrogens is 321 g/mol. The van der Waals surface area contributed by atoms with Gasteiger partial charge in [-0.2, -0.15) is 0 Å². The summed E-state index contributed by atoms with van der Waals surface area (Å²) in [5, 5.41) is 0. The smallest absolute Gasteiger partial charge is 0.222 e. The molecule has 0 bridgehead atoms. The van der Waals surface area contributed by atoms with Crippen LogP contribution >= 0.6 is 24.8 Å². The lowest BCUT2D eigenvalue weighted by Crippen LogP contribution is -2.49. The molecule has 22 heavy (non-hydrogen) atoms. The number of nitrogens with zero attached hydrogens (tertiary/aromatic N) is 2. The Balaban J connectivity index is 0.00000121. The standard InChI is InChI=1S/C16H29N3O.2ClH/c17-15-7-3-5-13(15)11-16(20)19-10-4-6-14(12-19)18-8-1-2-9-18;;/h13-15H,1-12,17H2;2*1H/t13-,14?,15+;;/m0../s1. The van der Waals surface area contributed by atoms with E-state index in [1.807, 2.05) is 0 Å². The summed E-state index contributed by atoms with van der Waals surface area (Å²) < 4.78 is 0. The van der Waals surface area contributed by atoms with Crippen LogP contribution in [0.4, 0.5) is 0 Å². The van der Waals surface area contributed by atoms with E-state index in [0.29, 0.717) is 24.3 Å². The normalized spacial score (nSPS) is 32.4. The van der Waals surface area contributed by atoms with Crippen molar-refractivity contribution >= 4 is 30.7 Å². The number of carbonyl (C=O) groups is 1. The van der Waals surface area contributed by atoms with Crippen molar-refractivity contribution < 1.29 is 4.79 Å². The highest BCUT2D eigenvalue weighted by Crippen LogP contribution is 2.28. The topological polar surface area (TPSA) is 49.6 Å². The predicted octanol–water partition coefficient (Wildman–Crippen LogP) is 2.43. The van der Waals surface area contributed by atoms with Gasteiger partial charge in [-0.05, 0) is 57.5 Å². The van der Waals surface area contributed by atoms with E-state index >= 15 is 0 Å². The molecule has 130 valence electrons. The zero-order valence-electron chi connectivity index (χ0n) is 13.4. The summed E-state index contributed by atoms with van der Waals surface area (Å²) in [6, 6.07) is 0.880. The van der Waals surface area contributed by atoms with Crippen molar-refractivity contribution in [2.45, 2.75) is 63.5 Å². The Labute approximate surface area is 147 Å². The summed E-state index contributed by atoms with van der Waals surface area (Å²) in [4.78, 5) is 17.2. The third-order valence-electron chi connectivity index (χ3n) is 5.56. The highest BCUT2D eigenvalue weighted by atomic mass is 35.5. The minimum Gasteiger partial charge on any atom is -0.341 e. The molecule has 1 aliphatic carbocycles. The van der Waals surface area contributed by atoms with E-state index in [0.717, 1.165) is 25.9 Å². The number of likely N-dealkylation sites (tertiary alicyclic amines) is 2. The molecule has 0 spiro atoms. The van der Waals surface area contributed by atoms with Gasteiger partial charge in [0.15, 0.2) is 0 Å². The van der Waals surface area contributed by atoms with E-state index in [9.17, 15) is 4.79 Å². The number of hydrogen-bond donors (Lipinski definition) is 1. The van der Waals surface area contributed by atoms with Crippen LogP contribution in [0, 0.1) is 5.92 Å². The average Bonchev–Trinajstić information content (AvgIpc) is 3.12. The quantitative estimate of drug-likeness (QED) is 0.849.